The molecule has 1 aromatic heterocycles. The first kappa shape index (κ1) is 13.9. The summed E-state index contributed by atoms with van der Waals surface area (Å²) in [5.41, 5.74) is -0.832. The first-order valence-electron chi connectivity index (χ1n) is 5.88. The quantitative estimate of drug-likeness (QED) is 0.486. The average molecular weight is 272 g/mol. The van der Waals surface area contributed by atoms with Crippen LogP contribution in [0.25, 0.3) is 0 Å². The number of aliphatic hydroxyl groups is 3. The molecule has 106 valence electrons. The zero-order valence-electron chi connectivity index (χ0n) is 10.3. The molecule has 19 heavy (non-hydrogen) atoms. The summed E-state index contributed by atoms with van der Waals surface area (Å²) < 4.78 is 6.49. The number of aryl methyl sites for hydroxylation is 1. The van der Waals surface area contributed by atoms with Gasteiger partial charge in [0, 0.05) is 18.2 Å². The number of nitrogens with one attached hydrogen (secondary N) is 1. The number of ether oxygens (including phenoxy) is 1. The van der Waals surface area contributed by atoms with Gasteiger partial charge in [-0.15, -0.1) is 0 Å². The van der Waals surface area contributed by atoms with E-state index in [1.54, 1.807) is 0 Å². The van der Waals surface area contributed by atoms with Crippen molar-refractivity contribution in [2.24, 2.45) is 0 Å². The Labute approximate surface area is 107 Å². The largest absolute Gasteiger partial charge is 0.394 e. The molecule has 1 aliphatic rings. The molecular formula is C11H16N2O6. The Balaban J connectivity index is 2.35. The fourth-order valence-corrected chi connectivity index (χ4v) is 2.06. The molecule has 0 aromatic carbocycles. The van der Waals surface area contributed by atoms with Crippen LogP contribution >= 0.6 is 0 Å². The maximum atomic E-state index is 11.7. The lowest BCUT2D eigenvalue weighted by atomic mass is 10.0. The maximum Gasteiger partial charge on any atom is 0.330 e. The van der Waals surface area contributed by atoms with Crippen molar-refractivity contribution in [3.63, 3.8) is 0 Å². The molecule has 8 nitrogen and oxygen atoms in total. The highest BCUT2D eigenvalue weighted by Crippen LogP contribution is 2.26. The smallest absolute Gasteiger partial charge is 0.330 e. The predicted octanol–water partition coefficient (Wildman–Crippen LogP) is -2.15. The number of rotatable bonds is 2. The van der Waals surface area contributed by atoms with Crippen molar-refractivity contribution < 1.29 is 20.1 Å². The summed E-state index contributed by atoms with van der Waals surface area (Å²) in [5.74, 6) is 0. The topological polar surface area (TPSA) is 125 Å². The first-order valence-corrected chi connectivity index (χ1v) is 5.88. The van der Waals surface area contributed by atoms with Crippen LogP contribution in [0.3, 0.4) is 0 Å². The second kappa shape index (κ2) is 5.25. The van der Waals surface area contributed by atoms with E-state index in [2.05, 4.69) is 4.98 Å². The van der Waals surface area contributed by atoms with E-state index >= 15 is 0 Å². The van der Waals surface area contributed by atoms with Crippen LogP contribution in [0.4, 0.5) is 0 Å². The van der Waals surface area contributed by atoms with Crippen molar-refractivity contribution >= 4 is 0 Å². The summed E-state index contributed by atoms with van der Waals surface area (Å²) >= 11 is 0. The van der Waals surface area contributed by atoms with Gasteiger partial charge < -0.3 is 20.1 Å². The van der Waals surface area contributed by atoms with Gasteiger partial charge in [-0.1, -0.05) is 0 Å². The molecule has 1 aromatic rings. The monoisotopic (exact) mass is 272 g/mol. The van der Waals surface area contributed by atoms with Gasteiger partial charge in [-0.25, -0.2) is 4.79 Å². The van der Waals surface area contributed by atoms with Crippen LogP contribution in [0.15, 0.2) is 15.8 Å². The zero-order valence-corrected chi connectivity index (χ0v) is 10.3. The van der Waals surface area contributed by atoms with E-state index in [9.17, 15) is 19.8 Å². The van der Waals surface area contributed by atoms with Crippen molar-refractivity contribution in [3.8, 4) is 0 Å². The number of H-pyrrole nitrogens is 1. The number of aliphatic hydroxyl groups excluding tert-OH is 3. The molecule has 0 bridgehead atoms. The van der Waals surface area contributed by atoms with E-state index in [1.165, 1.54) is 13.1 Å². The van der Waals surface area contributed by atoms with Crippen LogP contribution in [0.2, 0.25) is 0 Å². The molecule has 1 saturated heterocycles. The summed E-state index contributed by atoms with van der Waals surface area (Å²) in [6.45, 7) is 1.05. The Kier molecular flexibility index (Phi) is 3.85. The van der Waals surface area contributed by atoms with Crippen LogP contribution in [0, 0.1) is 6.92 Å². The summed E-state index contributed by atoms with van der Waals surface area (Å²) in [5, 5.41) is 28.4. The van der Waals surface area contributed by atoms with Gasteiger partial charge in [0.1, 0.15) is 18.4 Å². The second-order valence-electron chi connectivity index (χ2n) is 4.58. The highest BCUT2D eigenvalue weighted by molar-refractivity contribution is 5.02. The van der Waals surface area contributed by atoms with Crippen LogP contribution in [-0.2, 0) is 4.74 Å². The molecule has 0 saturated carbocycles. The van der Waals surface area contributed by atoms with Gasteiger partial charge in [0.05, 0.1) is 12.7 Å². The lowest BCUT2D eigenvalue weighted by Gasteiger charge is -2.36. The number of nitrogens with zero attached hydrogens (tertiary/aromatic N) is 1. The SMILES string of the molecule is Cc1cn(C2CC(O)C(O)C(CO)O2)c(=O)[nH]c1=O. The molecule has 4 unspecified atom stereocenters. The fourth-order valence-electron chi connectivity index (χ4n) is 2.06. The van der Waals surface area contributed by atoms with E-state index in [0.717, 1.165) is 4.57 Å². The Morgan fingerprint density at radius 3 is 2.79 bits per heavy atom. The molecule has 1 fully saturated rings. The van der Waals surface area contributed by atoms with Gasteiger partial charge in [-0.3, -0.25) is 14.3 Å². The van der Waals surface area contributed by atoms with Gasteiger partial charge >= 0.3 is 5.69 Å². The van der Waals surface area contributed by atoms with E-state index < -0.39 is 42.4 Å². The normalized spacial score (nSPS) is 31.4. The molecule has 8 heteroatoms. The summed E-state index contributed by atoms with van der Waals surface area (Å²) in [6.07, 6.45) is -2.84. The van der Waals surface area contributed by atoms with Crippen LogP contribution < -0.4 is 11.2 Å². The third-order valence-corrected chi connectivity index (χ3v) is 3.19. The minimum atomic E-state index is -1.21. The van der Waals surface area contributed by atoms with Gasteiger partial charge in [-0.2, -0.15) is 0 Å². The predicted molar refractivity (Wildman–Crippen MR) is 63.7 cm³/mol. The maximum absolute atomic E-state index is 11.7. The van der Waals surface area contributed by atoms with Crippen LogP contribution in [-0.4, -0.2) is 49.8 Å². The van der Waals surface area contributed by atoms with E-state index in [0.29, 0.717) is 5.56 Å². The summed E-state index contributed by atoms with van der Waals surface area (Å²) in [7, 11) is 0. The highest BCUT2D eigenvalue weighted by atomic mass is 16.5. The molecule has 1 aliphatic heterocycles. The average Bonchev–Trinajstić information content (AvgIpc) is 2.37. The first-order chi connectivity index (χ1) is 8.93. The zero-order chi connectivity index (χ0) is 14.2. The van der Waals surface area contributed by atoms with E-state index in [4.69, 9.17) is 9.84 Å². The molecule has 2 rings (SSSR count). The van der Waals surface area contributed by atoms with E-state index in [-0.39, 0.29) is 6.42 Å². The van der Waals surface area contributed by atoms with Crippen molar-refractivity contribution in [2.75, 3.05) is 6.61 Å². The van der Waals surface area contributed by atoms with Crippen LogP contribution in [0.5, 0.6) is 0 Å². The fraction of sp³-hybridized carbons (Fsp3) is 0.636. The summed E-state index contributed by atoms with van der Waals surface area (Å²) in [4.78, 5) is 25.1. The van der Waals surface area contributed by atoms with Crippen molar-refractivity contribution in [1.29, 1.82) is 0 Å². The van der Waals surface area contributed by atoms with Crippen molar-refractivity contribution in [2.45, 2.75) is 37.9 Å². The lowest BCUT2D eigenvalue weighted by Crippen LogP contribution is -2.50. The standard InChI is InChI=1S/C11H16N2O6/c1-5-3-13(11(18)12-10(5)17)8-2-6(15)9(16)7(4-14)19-8/h3,6-9,14-16H,2,4H2,1H3,(H,12,17,18). The molecule has 0 spiro atoms. The Morgan fingerprint density at radius 2 is 2.16 bits per heavy atom. The van der Waals surface area contributed by atoms with Crippen molar-refractivity contribution in [1.82, 2.24) is 9.55 Å². The highest BCUT2D eigenvalue weighted by Gasteiger charge is 2.37. The minimum absolute atomic E-state index is 0.0109. The number of hydrogen-bond donors (Lipinski definition) is 4. The van der Waals surface area contributed by atoms with Gasteiger partial charge in [0.2, 0.25) is 0 Å². The van der Waals surface area contributed by atoms with Gasteiger partial charge in [-0.05, 0) is 6.92 Å². The van der Waals surface area contributed by atoms with E-state index in [1.807, 2.05) is 0 Å². The molecule has 0 radical (unpaired) electrons. The third-order valence-electron chi connectivity index (χ3n) is 3.19. The van der Waals surface area contributed by atoms with Gasteiger partial charge in [0.25, 0.3) is 5.56 Å². The van der Waals surface area contributed by atoms with Crippen molar-refractivity contribution in [3.05, 3.63) is 32.6 Å². The third kappa shape index (κ3) is 2.61. The number of aromatic nitrogens is 2. The molecular weight excluding hydrogens is 256 g/mol. The lowest BCUT2D eigenvalue weighted by molar-refractivity contribution is -0.202. The summed E-state index contributed by atoms with van der Waals surface area (Å²) in [6, 6.07) is 0. The molecule has 2 heterocycles. The molecule has 0 amide bonds. The molecule has 4 atom stereocenters. The Hall–Kier alpha value is -1.48. The molecule has 4 N–H and O–H groups in total. The number of hydrogen-bond acceptors (Lipinski definition) is 6. The van der Waals surface area contributed by atoms with Gasteiger partial charge in [0.15, 0.2) is 0 Å². The number of aromatic amines is 1. The molecule has 0 aliphatic carbocycles. The van der Waals surface area contributed by atoms with Crippen LogP contribution in [0.1, 0.15) is 18.2 Å². The Morgan fingerprint density at radius 1 is 1.47 bits per heavy atom. The Bertz CT molecular complexity index is 565. The minimum Gasteiger partial charge on any atom is -0.394 e. The second-order valence-corrected chi connectivity index (χ2v) is 4.58.